The van der Waals surface area contributed by atoms with Crippen molar-refractivity contribution in [1.29, 1.82) is 0 Å². The molecule has 0 aliphatic carbocycles. The summed E-state index contributed by atoms with van der Waals surface area (Å²) in [5.41, 5.74) is 2.50. The molecule has 0 atom stereocenters. The third-order valence-electron chi connectivity index (χ3n) is 2.62. The molecule has 3 nitrogen and oxygen atoms in total. The van der Waals surface area contributed by atoms with Crippen molar-refractivity contribution in [3.8, 4) is 0 Å². The zero-order valence-electron chi connectivity index (χ0n) is 8.88. The first-order valence-electron chi connectivity index (χ1n) is 5.27. The van der Waals surface area contributed by atoms with E-state index in [4.69, 9.17) is 0 Å². The highest BCUT2D eigenvalue weighted by Crippen LogP contribution is 2.29. The molecule has 2 rings (SSSR count). The lowest BCUT2D eigenvalue weighted by atomic mass is 10.2. The van der Waals surface area contributed by atoms with Gasteiger partial charge in [0.1, 0.15) is 0 Å². The van der Waals surface area contributed by atoms with Crippen LogP contribution in [0.1, 0.15) is 18.9 Å². The lowest BCUT2D eigenvalue weighted by Crippen LogP contribution is -2.35. The Morgan fingerprint density at radius 2 is 2.43 bits per heavy atom. The van der Waals surface area contributed by atoms with E-state index in [-0.39, 0.29) is 0 Å². The van der Waals surface area contributed by atoms with Gasteiger partial charge in [0, 0.05) is 25.8 Å². The molecule has 14 heavy (non-hydrogen) atoms. The monoisotopic (exact) mass is 191 g/mol. The van der Waals surface area contributed by atoms with Crippen LogP contribution in [-0.4, -0.2) is 24.6 Å². The molecular formula is C11H17N3. The van der Waals surface area contributed by atoms with Gasteiger partial charge in [0.15, 0.2) is 5.82 Å². The molecule has 1 aliphatic heterocycles. The summed E-state index contributed by atoms with van der Waals surface area (Å²) in [7, 11) is 0. The van der Waals surface area contributed by atoms with E-state index in [1.165, 1.54) is 17.7 Å². The largest absolute Gasteiger partial charge is 0.380 e. The molecule has 3 heteroatoms. The van der Waals surface area contributed by atoms with Crippen LogP contribution in [-0.2, 0) is 0 Å². The summed E-state index contributed by atoms with van der Waals surface area (Å²) in [5.74, 6) is 1.12. The van der Waals surface area contributed by atoms with Gasteiger partial charge in [-0.3, -0.25) is 0 Å². The van der Waals surface area contributed by atoms with Gasteiger partial charge in [-0.25, -0.2) is 4.98 Å². The lowest BCUT2D eigenvalue weighted by molar-refractivity contribution is 0.745. The number of anilines is 2. The molecule has 1 aliphatic rings. The van der Waals surface area contributed by atoms with Crippen LogP contribution in [0.25, 0.3) is 0 Å². The minimum atomic E-state index is 1.03. The molecule has 0 unspecified atom stereocenters. The number of aryl methyl sites for hydroxylation is 1. The second kappa shape index (κ2) is 3.86. The van der Waals surface area contributed by atoms with Gasteiger partial charge in [0.2, 0.25) is 0 Å². The number of fused-ring (bicyclic) bond motifs is 1. The molecule has 2 heterocycles. The van der Waals surface area contributed by atoms with Gasteiger partial charge in [-0.2, -0.15) is 0 Å². The van der Waals surface area contributed by atoms with Crippen LogP contribution in [0.4, 0.5) is 11.5 Å². The Morgan fingerprint density at radius 3 is 3.21 bits per heavy atom. The first-order valence-corrected chi connectivity index (χ1v) is 5.27. The van der Waals surface area contributed by atoms with E-state index in [0.29, 0.717) is 0 Å². The average Bonchev–Trinajstić information content (AvgIpc) is 2.20. The number of nitrogens with one attached hydrogen (secondary N) is 1. The van der Waals surface area contributed by atoms with E-state index in [9.17, 15) is 0 Å². The fourth-order valence-electron chi connectivity index (χ4n) is 1.91. The normalized spacial score (nSPS) is 14.9. The van der Waals surface area contributed by atoms with Gasteiger partial charge in [-0.1, -0.05) is 6.92 Å². The third-order valence-corrected chi connectivity index (χ3v) is 2.62. The van der Waals surface area contributed by atoms with E-state index in [1.807, 2.05) is 6.20 Å². The van der Waals surface area contributed by atoms with E-state index in [2.05, 4.69) is 35.1 Å². The second-order valence-electron chi connectivity index (χ2n) is 3.74. The number of hydrogen-bond donors (Lipinski definition) is 1. The highest BCUT2D eigenvalue weighted by Gasteiger charge is 2.17. The van der Waals surface area contributed by atoms with Crippen LogP contribution in [0.15, 0.2) is 12.3 Å². The highest BCUT2D eigenvalue weighted by atomic mass is 15.2. The summed E-state index contributed by atoms with van der Waals surface area (Å²) in [6.07, 6.45) is 3.07. The second-order valence-corrected chi connectivity index (χ2v) is 3.74. The number of pyridine rings is 1. The van der Waals surface area contributed by atoms with Crippen LogP contribution in [0, 0.1) is 6.92 Å². The van der Waals surface area contributed by atoms with Gasteiger partial charge in [-0.05, 0) is 25.0 Å². The van der Waals surface area contributed by atoms with Crippen molar-refractivity contribution < 1.29 is 0 Å². The summed E-state index contributed by atoms with van der Waals surface area (Å²) in [6, 6.07) is 2.06. The molecule has 0 saturated carbocycles. The van der Waals surface area contributed by atoms with Crippen LogP contribution >= 0.6 is 0 Å². The van der Waals surface area contributed by atoms with Crippen molar-refractivity contribution >= 4 is 11.5 Å². The lowest BCUT2D eigenvalue weighted by Gasteiger charge is -2.31. The Kier molecular flexibility index (Phi) is 2.57. The van der Waals surface area contributed by atoms with Crippen LogP contribution in [0.3, 0.4) is 0 Å². The number of hydrogen-bond acceptors (Lipinski definition) is 3. The first-order chi connectivity index (χ1) is 6.83. The van der Waals surface area contributed by atoms with E-state index >= 15 is 0 Å². The quantitative estimate of drug-likeness (QED) is 0.775. The van der Waals surface area contributed by atoms with Crippen molar-refractivity contribution in [3.05, 3.63) is 17.8 Å². The van der Waals surface area contributed by atoms with Gasteiger partial charge < -0.3 is 10.2 Å². The first kappa shape index (κ1) is 9.31. The minimum absolute atomic E-state index is 1.03. The standard InChI is InChI=1S/C11H17N3/c1-3-7-14-8-6-12-10-9(2)4-5-13-11(10)14/h4-5,12H,3,6-8H2,1-2H3. The molecule has 0 fully saturated rings. The van der Waals surface area contributed by atoms with Crippen LogP contribution in [0.5, 0.6) is 0 Å². The van der Waals surface area contributed by atoms with Crippen molar-refractivity contribution in [3.63, 3.8) is 0 Å². The zero-order valence-corrected chi connectivity index (χ0v) is 8.88. The molecule has 76 valence electrons. The minimum Gasteiger partial charge on any atom is -0.380 e. The smallest absolute Gasteiger partial charge is 0.152 e. The molecule has 0 amide bonds. The number of rotatable bonds is 2. The molecule has 0 saturated heterocycles. The summed E-state index contributed by atoms with van der Waals surface area (Å²) in [6.45, 7) is 7.53. The Bertz CT molecular complexity index is 322. The maximum absolute atomic E-state index is 4.44. The molecule has 1 aromatic heterocycles. The van der Waals surface area contributed by atoms with Crippen molar-refractivity contribution in [2.24, 2.45) is 0 Å². The summed E-state index contributed by atoms with van der Waals surface area (Å²) in [5, 5.41) is 3.42. The van der Waals surface area contributed by atoms with Gasteiger partial charge in [0.25, 0.3) is 0 Å². The van der Waals surface area contributed by atoms with E-state index in [0.717, 1.165) is 25.5 Å². The van der Waals surface area contributed by atoms with Gasteiger partial charge >= 0.3 is 0 Å². The summed E-state index contributed by atoms with van der Waals surface area (Å²) >= 11 is 0. The molecule has 0 bridgehead atoms. The van der Waals surface area contributed by atoms with Crippen molar-refractivity contribution in [2.45, 2.75) is 20.3 Å². The molecular weight excluding hydrogens is 174 g/mol. The van der Waals surface area contributed by atoms with E-state index in [1.54, 1.807) is 0 Å². The van der Waals surface area contributed by atoms with Crippen molar-refractivity contribution in [1.82, 2.24) is 4.98 Å². The Hall–Kier alpha value is -1.25. The number of nitrogens with zero attached hydrogens (tertiary/aromatic N) is 2. The maximum atomic E-state index is 4.44. The van der Waals surface area contributed by atoms with E-state index < -0.39 is 0 Å². The molecule has 1 N–H and O–H groups in total. The SMILES string of the molecule is CCCN1CCNc2c(C)ccnc21. The van der Waals surface area contributed by atoms with Crippen LogP contribution < -0.4 is 10.2 Å². The third kappa shape index (κ3) is 1.54. The Labute approximate surface area is 85.1 Å². The molecule has 0 spiro atoms. The zero-order chi connectivity index (χ0) is 9.97. The average molecular weight is 191 g/mol. The summed E-state index contributed by atoms with van der Waals surface area (Å²) in [4.78, 5) is 6.80. The molecule has 1 aromatic rings. The maximum Gasteiger partial charge on any atom is 0.152 e. The van der Waals surface area contributed by atoms with Gasteiger partial charge in [-0.15, -0.1) is 0 Å². The number of aromatic nitrogens is 1. The topological polar surface area (TPSA) is 28.2 Å². The predicted octanol–water partition coefficient (Wildman–Crippen LogP) is 2.03. The van der Waals surface area contributed by atoms with Crippen LogP contribution in [0.2, 0.25) is 0 Å². The van der Waals surface area contributed by atoms with Crippen molar-refractivity contribution in [2.75, 3.05) is 29.9 Å². The summed E-state index contributed by atoms with van der Waals surface area (Å²) < 4.78 is 0. The Balaban J connectivity index is 2.34. The van der Waals surface area contributed by atoms with Gasteiger partial charge in [0.05, 0.1) is 5.69 Å². The fraction of sp³-hybridized carbons (Fsp3) is 0.545. The Morgan fingerprint density at radius 1 is 1.57 bits per heavy atom. The molecule has 0 aromatic carbocycles. The fourth-order valence-corrected chi connectivity index (χ4v) is 1.91. The molecule has 0 radical (unpaired) electrons. The predicted molar refractivity (Wildman–Crippen MR) is 60.0 cm³/mol. The highest BCUT2D eigenvalue weighted by molar-refractivity contribution is 5.71.